The number of pyridine rings is 1. The molecule has 10 heteroatoms. The Morgan fingerprint density at radius 2 is 1.79 bits per heavy atom. The van der Waals surface area contributed by atoms with Crippen LogP contribution < -0.4 is 20.5 Å². The third-order valence-corrected chi connectivity index (χ3v) is 6.66. The minimum Gasteiger partial charge on any atom is -0.487 e. The Morgan fingerprint density at radius 1 is 1.02 bits per heavy atom. The van der Waals surface area contributed by atoms with Gasteiger partial charge in [-0.25, -0.2) is 15.0 Å². The van der Waals surface area contributed by atoms with E-state index in [1.54, 1.807) is 20.1 Å². The van der Waals surface area contributed by atoms with Crippen molar-refractivity contribution >= 4 is 28.4 Å². The summed E-state index contributed by atoms with van der Waals surface area (Å²) < 4.78 is 19.4. The van der Waals surface area contributed by atoms with Crippen molar-refractivity contribution in [2.45, 2.75) is 13.8 Å². The van der Waals surface area contributed by atoms with Gasteiger partial charge in [0.2, 0.25) is 5.88 Å². The Balaban J connectivity index is 1.64. The number of ether oxygens (including phenoxy) is 3. The Kier molecular flexibility index (Phi) is 8.16. The van der Waals surface area contributed by atoms with Crippen LogP contribution in [-0.4, -0.2) is 45.7 Å². The molecule has 0 aliphatic carbocycles. The molecule has 1 amide bonds. The van der Waals surface area contributed by atoms with Crippen molar-refractivity contribution in [3.8, 4) is 39.8 Å². The van der Waals surface area contributed by atoms with Crippen molar-refractivity contribution in [1.82, 2.24) is 19.5 Å². The number of aromatic nitrogens is 4. The SMILES string of the molecule is C=C(C)C(=O)Nc1ccc(-c2c(-c3ccc(Oc4cccc(C)n4)c(OCCOC)c3)c3c(N)ncnc3n2C)cc1. The topological polar surface area (TPSA) is 126 Å². The molecule has 0 saturated carbocycles. The summed E-state index contributed by atoms with van der Waals surface area (Å²) in [5.74, 6) is 1.61. The molecule has 0 fully saturated rings. The number of hydrogen-bond donors (Lipinski definition) is 2. The lowest BCUT2D eigenvalue weighted by Crippen LogP contribution is -2.11. The minimum absolute atomic E-state index is 0.236. The summed E-state index contributed by atoms with van der Waals surface area (Å²) in [5.41, 5.74) is 12.5. The van der Waals surface area contributed by atoms with E-state index in [1.807, 2.05) is 73.1 Å². The number of amides is 1. The number of fused-ring (bicyclic) bond motifs is 1. The van der Waals surface area contributed by atoms with Crippen molar-refractivity contribution in [3.05, 3.63) is 84.8 Å². The highest BCUT2D eigenvalue weighted by Gasteiger charge is 2.23. The first-order valence-corrected chi connectivity index (χ1v) is 13.3. The normalized spacial score (nSPS) is 11.0. The second-order valence-corrected chi connectivity index (χ2v) is 9.77. The number of anilines is 2. The van der Waals surface area contributed by atoms with Crippen molar-refractivity contribution in [2.24, 2.45) is 7.05 Å². The summed E-state index contributed by atoms with van der Waals surface area (Å²) in [4.78, 5) is 25.4. The van der Waals surface area contributed by atoms with Crippen LogP contribution in [0.1, 0.15) is 12.6 Å². The lowest BCUT2D eigenvalue weighted by Gasteiger charge is -2.15. The van der Waals surface area contributed by atoms with Crippen molar-refractivity contribution in [2.75, 3.05) is 31.4 Å². The van der Waals surface area contributed by atoms with E-state index in [1.165, 1.54) is 6.33 Å². The summed E-state index contributed by atoms with van der Waals surface area (Å²) in [6.45, 7) is 7.99. The molecule has 214 valence electrons. The van der Waals surface area contributed by atoms with Gasteiger partial charge in [0, 0.05) is 42.7 Å². The Labute approximate surface area is 243 Å². The average Bonchev–Trinajstić information content (AvgIpc) is 3.27. The van der Waals surface area contributed by atoms with Gasteiger partial charge in [0.15, 0.2) is 11.5 Å². The van der Waals surface area contributed by atoms with Gasteiger partial charge in [-0.15, -0.1) is 0 Å². The Morgan fingerprint density at radius 3 is 2.50 bits per heavy atom. The number of nitrogens with one attached hydrogen (secondary N) is 1. The van der Waals surface area contributed by atoms with Crippen LogP contribution in [0.4, 0.5) is 11.5 Å². The predicted octanol–water partition coefficient (Wildman–Crippen LogP) is 5.92. The molecule has 3 aromatic heterocycles. The number of hydrogen-bond acceptors (Lipinski definition) is 8. The van der Waals surface area contributed by atoms with Crippen LogP contribution in [-0.2, 0) is 16.6 Å². The molecule has 0 aliphatic rings. The average molecular weight is 565 g/mol. The van der Waals surface area contributed by atoms with Crippen LogP contribution in [0.15, 0.2) is 79.1 Å². The fourth-order valence-electron chi connectivity index (χ4n) is 4.63. The summed E-state index contributed by atoms with van der Waals surface area (Å²) >= 11 is 0. The van der Waals surface area contributed by atoms with Crippen LogP contribution >= 0.6 is 0 Å². The zero-order chi connectivity index (χ0) is 29.8. The quantitative estimate of drug-likeness (QED) is 0.158. The number of nitrogens with two attached hydrogens (primary N) is 1. The number of rotatable bonds is 10. The van der Waals surface area contributed by atoms with E-state index in [9.17, 15) is 4.79 Å². The standard InChI is InChI=1S/C32H32N6O4/c1-19(2)32(39)37-23-12-9-21(10-13-23)29-27(28-30(33)34-18-35-31(28)38(29)4)22-11-14-24(25(17-22)41-16-15-40-5)42-26-8-6-7-20(3)36-26/h6-14,17-18H,1,15-16H2,2-5H3,(H,37,39)(H2,33,34,35). The molecule has 5 rings (SSSR count). The van der Waals surface area contributed by atoms with E-state index < -0.39 is 0 Å². The third-order valence-electron chi connectivity index (χ3n) is 6.66. The van der Waals surface area contributed by atoms with E-state index in [-0.39, 0.29) is 5.91 Å². The molecule has 0 spiro atoms. The van der Waals surface area contributed by atoms with E-state index in [0.717, 1.165) is 28.1 Å². The molecule has 0 saturated heterocycles. The van der Waals surface area contributed by atoms with Gasteiger partial charge < -0.3 is 29.8 Å². The van der Waals surface area contributed by atoms with Gasteiger partial charge in [-0.3, -0.25) is 4.79 Å². The molecule has 0 radical (unpaired) electrons. The van der Waals surface area contributed by atoms with Gasteiger partial charge in [-0.1, -0.05) is 30.8 Å². The number of aryl methyl sites for hydroxylation is 2. The van der Waals surface area contributed by atoms with Crippen LogP contribution in [0, 0.1) is 6.92 Å². The largest absolute Gasteiger partial charge is 0.487 e. The lowest BCUT2D eigenvalue weighted by atomic mass is 9.98. The summed E-state index contributed by atoms with van der Waals surface area (Å²) in [5, 5.41) is 3.56. The zero-order valence-electron chi connectivity index (χ0n) is 24.0. The van der Waals surface area contributed by atoms with Gasteiger partial charge in [-0.2, -0.15) is 0 Å². The number of carbonyl (C=O) groups is 1. The molecule has 5 aromatic rings. The molecule has 10 nitrogen and oxygen atoms in total. The Bertz CT molecular complexity index is 1780. The number of nitrogen functional groups attached to an aromatic ring is 1. The van der Waals surface area contributed by atoms with Gasteiger partial charge in [-0.05, 0) is 55.3 Å². The maximum atomic E-state index is 12.1. The summed E-state index contributed by atoms with van der Waals surface area (Å²) in [6.07, 6.45) is 1.45. The highest BCUT2D eigenvalue weighted by atomic mass is 16.5. The van der Waals surface area contributed by atoms with Crippen LogP contribution in [0.3, 0.4) is 0 Å². The molecular formula is C32H32N6O4. The molecule has 0 atom stereocenters. The summed E-state index contributed by atoms with van der Waals surface area (Å²) in [7, 11) is 3.55. The molecule has 0 aliphatic heterocycles. The second-order valence-electron chi connectivity index (χ2n) is 9.77. The van der Waals surface area contributed by atoms with Crippen LogP contribution in [0.2, 0.25) is 0 Å². The van der Waals surface area contributed by atoms with E-state index in [4.69, 9.17) is 19.9 Å². The number of benzene rings is 2. The highest BCUT2D eigenvalue weighted by Crippen LogP contribution is 2.44. The maximum Gasteiger partial charge on any atom is 0.250 e. The monoisotopic (exact) mass is 564 g/mol. The maximum absolute atomic E-state index is 12.1. The van der Waals surface area contributed by atoms with Gasteiger partial charge in [0.05, 0.1) is 17.7 Å². The predicted molar refractivity (Wildman–Crippen MR) is 164 cm³/mol. The van der Waals surface area contributed by atoms with E-state index >= 15 is 0 Å². The van der Waals surface area contributed by atoms with Crippen molar-refractivity contribution in [3.63, 3.8) is 0 Å². The molecule has 2 aromatic carbocycles. The van der Waals surface area contributed by atoms with E-state index in [0.29, 0.717) is 58.7 Å². The number of carbonyl (C=O) groups excluding carboxylic acids is 1. The molecule has 3 heterocycles. The molecular weight excluding hydrogens is 532 g/mol. The smallest absolute Gasteiger partial charge is 0.250 e. The van der Waals surface area contributed by atoms with E-state index in [2.05, 4.69) is 26.8 Å². The number of methoxy groups -OCH3 is 1. The van der Waals surface area contributed by atoms with Gasteiger partial charge in [0.1, 0.15) is 24.4 Å². The first-order valence-electron chi connectivity index (χ1n) is 13.3. The lowest BCUT2D eigenvalue weighted by molar-refractivity contribution is -0.112. The number of nitrogens with zero attached hydrogens (tertiary/aromatic N) is 4. The fraction of sp³-hybridized carbons (Fsp3) is 0.188. The van der Waals surface area contributed by atoms with Crippen LogP contribution in [0.5, 0.6) is 17.4 Å². The first-order chi connectivity index (χ1) is 20.3. The van der Waals surface area contributed by atoms with Crippen molar-refractivity contribution < 1.29 is 19.0 Å². The van der Waals surface area contributed by atoms with Gasteiger partial charge in [0.25, 0.3) is 5.91 Å². The second kappa shape index (κ2) is 12.1. The van der Waals surface area contributed by atoms with Gasteiger partial charge >= 0.3 is 0 Å². The van der Waals surface area contributed by atoms with Crippen molar-refractivity contribution in [1.29, 1.82) is 0 Å². The minimum atomic E-state index is -0.236. The molecule has 0 bridgehead atoms. The highest BCUT2D eigenvalue weighted by molar-refractivity contribution is 6.08. The molecule has 42 heavy (non-hydrogen) atoms. The first kappa shape index (κ1) is 28.3. The Hall–Kier alpha value is -5.22. The fourth-order valence-corrected chi connectivity index (χ4v) is 4.63. The molecule has 3 N–H and O–H groups in total. The molecule has 0 unspecified atom stereocenters. The summed E-state index contributed by atoms with van der Waals surface area (Å²) in [6, 6.07) is 18.9. The third kappa shape index (κ3) is 5.79. The zero-order valence-corrected chi connectivity index (χ0v) is 24.0. The van der Waals surface area contributed by atoms with Crippen LogP contribution in [0.25, 0.3) is 33.4 Å².